The number of para-hydroxylation sites is 1. The molecule has 2 aromatic carbocycles. The van der Waals surface area contributed by atoms with Gasteiger partial charge in [-0.3, -0.25) is 10.2 Å². The lowest BCUT2D eigenvalue weighted by Gasteiger charge is -2.11. The van der Waals surface area contributed by atoms with Crippen molar-refractivity contribution in [1.82, 2.24) is 15.2 Å². The van der Waals surface area contributed by atoms with E-state index >= 15 is 0 Å². The van der Waals surface area contributed by atoms with Crippen molar-refractivity contribution in [2.75, 3.05) is 0 Å². The third-order valence-electron chi connectivity index (χ3n) is 4.29. The summed E-state index contributed by atoms with van der Waals surface area (Å²) in [6.07, 6.45) is 0. The molecule has 5 heteroatoms. The Kier molecular flexibility index (Phi) is 4.67. The molecule has 3 N–H and O–H groups in total. The largest absolute Gasteiger partial charge is 0.289 e. The Morgan fingerprint density at radius 2 is 1.80 bits per heavy atom. The van der Waals surface area contributed by atoms with Gasteiger partial charge in [0, 0.05) is 5.56 Å². The second kappa shape index (κ2) is 6.91. The van der Waals surface area contributed by atoms with Crippen LogP contribution in [0.2, 0.25) is 0 Å². The fourth-order valence-electron chi connectivity index (χ4n) is 2.80. The summed E-state index contributed by atoms with van der Waals surface area (Å²) in [5.74, 6) is 5.33. The number of rotatable bonds is 4. The molecular weight excluding hydrogens is 312 g/mol. The van der Waals surface area contributed by atoms with Crippen LogP contribution in [-0.4, -0.2) is 15.7 Å². The van der Waals surface area contributed by atoms with E-state index in [0.717, 1.165) is 22.5 Å². The van der Waals surface area contributed by atoms with E-state index in [0.29, 0.717) is 5.92 Å². The quantitative estimate of drug-likeness (QED) is 0.435. The molecule has 0 aliphatic rings. The van der Waals surface area contributed by atoms with E-state index in [2.05, 4.69) is 48.6 Å². The van der Waals surface area contributed by atoms with Gasteiger partial charge in [0.1, 0.15) is 0 Å². The monoisotopic (exact) mass is 334 g/mol. The number of nitrogens with one attached hydrogen (secondary N) is 1. The Morgan fingerprint density at radius 3 is 2.40 bits per heavy atom. The molecule has 3 aromatic rings. The molecule has 1 amide bonds. The van der Waals surface area contributed by atoms with Crippen LogP contribution in [0.4, 0.5) is 0 Å². The molecule has 0 fully saturated rings. The lowest BCUT2D eigenvalue weighted by Crippen LogP contribution is -2.30. The summed E-state index contributed by atoms with van der Waals surface area (Å²) in [4.78, 5) is 12.0. The third kappa shape index (κ3) is 3.32. The molecule has 3 rings (SSSR count). The minimum atomic E-state index is -0.410. The van der Waals surface area contributed by atoms with Crippen LogP contribution < -0.4 is 11.3 Å². The maximum atomic E-state index is 12.0. The molecule has 0 aliphatic carbocycles. The fourth-order valence-corrected chi connectivity index (χ4v) is 2.80. The molecule has 1 aromatic heterocycles. The number of amides is 1. The van der Waals surface area contributed by atoms with Crippen molar-refractivity contribution in [1.29, 1.82) is 0 Å². The fraction of sp³-hybridized carbons (Fsp3) is 0.200. The summed E-state index contributed by atoms with van der Waals surface area (Å²) >= 11 is 0. The second-order valence-electron chi connectivity index (χ2n) is 6.36. The highest BCUT2D eigenvalue weighted by atomic mass is 16.2. The van der Waals surface area contributed by atoms with Gasteiger partial charge in [-0.2, -0.15) is 5.10 Å². The van der Waals surface area contributed by atoms with Crippen molar-refractivity contribution < 1.29 is 4.79 Å². The topological polar surface area (TPSA) is 72.9 Å². The summed E-state index contributed by atoms with van der Waals surface area (Å²) in [5.41, 5.74) is 7.56. The summed E-state index contributed by atoms with van der Waals surface area (Å²) in [6, 6.07) is 18.0. The van der Waals surface area contributed by atoms with Gasteiger partial charge >= 0.3 is 0 Å². The SMILES string of the molecule is Cc1ccccc1-n1nc(C(=O)NN)cc1-c1ccc(C(C)C)cc1. The lowest BCUT2D eigenvalue weighted by atomic mass is 10.0. The zero-order chi connectivity index (χ0) is 18.0. The van der Waals surface area contributed by atoms with Gasteiger partial charge in [-0.15, -0.1) is 0 Å². The molecule has 0 spiro atoms. The molecule has 25 heavy (non-hydrogen) atoms. The van der Waals surface area contributed by atoms with Crippen molar-refractivity contribution in [2.24, 2.45) is 5.84 Å². The number of aromatic nitrogens is 2. The van der Waals surface area contributed by atoms with Crippen LogP contribution in [0.3, 0.4) is 0 Å². The first-order valence-corrected chi connectivity index (χ1v) is 8.28. The van der Waals surface area contributed by atoms with E-state index in [1.165, 1.54) is 5.56 Å². The summed E-state index contributed by atoms with van der Waals surface area (Å²) < 4.78 is 1.80. The summed E-state index contributed by atoms with van der Waals surface area (Å²) in [5, 5.41) is 4.47. The van der Waals surface area contributed by atoms with Crippen molar-refractivity contribution in [3.63, 3.8) is 0 Å². The van der Waals surface area contributed by atoms with Crippen LogP contribution >= 0.6 is 0 Å². The minimum Gasteiger partial charge on any atom is -0.289 e. The second-order valence-corrected chi connectivity index (χ2v) is 6.36. The van der Waals surface area contributed by atoms with Gasteiger partial charge in [0.15, 0.2) is 5.69 Å². The molecule has 0 radical (unpaired) electrons. The zero-order valence-electron chi connectivity index (χ0n) is 14.7. The first kappa shape index (κ1) is 16.9. The van der Waals surface area contributed by atoms with Gasteiger partial charge in [-0.1, -0.05) is 56.3 Å². The highest BCUT2D eigenvalue weighted by Gasteiger charge is 2.17. The lowest BCUT2D eigenvalue weighted by molar-refractivity contribution is 0.0948. The van der Waals surface area contributed by atoms with Crippen molar-refractivity contribution >= 4 is 5.91 Å². The molecule has 128 valence electrons. The molecule has 0 saturated heterocycles. The van der Waals surface area contributed by atoms with E-state index < -0.39 is 5.91 Å². The Morgan fingerprint density at radius 1 is 1.12 bits per heavy atom. The van der Waals surface area contributed by atoms with Gasteiger partial charge < -0.3 is 0 Å². The number of nitrogens with zero attached hydrogens (tertiary/aromatic N) is 2. The van der Waals surface area contributed by atoms with Crippen molar-refractivity contribution in [3.8, 4) is 16.9 Å². The first-order chi connectivity index (χ1) is 12.0. The van der Waals surface area contributed by atoms with Crippen LogP contribution in [0, 0.1) is 6.92 Å². The zero-order valence-corrected chi connectivity index (χ0v) is 14.7. The maximum absolute atomic E-state index is 12.0. The molecule has 5 nitrogen and oxygen atoms in total. The Hall–Kier alpha value is -2.92. The molecule has 0 bridgehead atoms. The van der Waals surface area contributed by atoms with E-state index in [9.17, 15) is 4.79 Å². The van der Waals surface area contributed by atoms with Crippen molar-refractivity contribution in [3.05, 3.63) is 71.4 Å². The average Bonchev–Trinajstić information content (AvgIpc) is 3.06. The highest BCUT2D eigenvalue weighted by Crippen LogP contribution is 2.27. The number of hydrazine groups is 1. The number of aryl methyl sites for hydroxylation is 1. The van der Waals surface area contributed by atoms with E-state index in [-0.39, 0.29) is 5.69 Å². The normalized spacial score (nSPS) is 10.9. The molecule has 0 unspecified atom stereocenters. The first-order valence-electron chi connectivity index (χ1n) is 8.28. The number of benzene rings is 2. The molecule has 1 heterocycles. The average molecular weight is 334 g/mol. The number of hydrogen-bond acceptors (Lipinski definition) is 3. The molecule has 0 aliphatic heterocycles. The van der Waals surface area contributed by atoms with Crippen LogP contribution in [0.5, 0.6) is 0 Å². The minimum absolute atomic E-state index is 0.286. The predicted octanol–water partition coefficient (Wildman–Crippen LogP) is 3.57. The Bertz CT molecular complexity index is 894. The number of nitrogens with two attached hydrogens (primary N) is 1. The standard InChI is InChI=1S/C20H22N4O/c1-13(2)15-8-10-16(11-9-15)19-12-17(20(25)22-21)23-24(19)18-7-5-4-6-14(18)3/h4-13H,21H2,1-3H3,(H,22,25). The third-order valence-corrected chi connectivity index (χ3v) is 4.29. The van der Waals surface area contributed by atoms with Crippen LogP contribution in [0.15, 0.2) is 54.6 Å². The summed E-state index contributed by atoms with van der Waals surface area (Å²) in [6.45, 7) is 6.35. The van der Waals surface area contributed by atoms with Gasteiger partial charge in [-0.25, -0.2) is 10.5 Å². The number of hydrogen-bond donors (Lipinski definition) is 2. The Balaban J connectivity index is 2.16. The van der Waals surface area contributed by atoms with Crippen LogP contribution in [0.25, 0.3) is 16.9 Å². The van der Waals surface area contributed by atoms with Crippen LogP contribution in [-0.2, 0) is 0 Å². The van der Waals surface area contributed by atoms with E-state index in [4.69, 9.17) is 5.84 Å². The number of carbonyl (C=O) groups excluding carboxylic acids is 1. The highest BCUT2D eigenvalue weighted by molar-refractivity contribution is 5.93. The predicted molar refractivity (Wildman–Crippen MR) is 99.5 cm³/mol. The van der Waals surface area contributed by atoms with Gasteiger partial charge in [0.05, 0.1) is 11.4 Å². The molecular formula is C20H22N4O. The van der Waals surface area contributed by atoms with Gasteiger partial charge in [0.2, 0.25) is 0 Å². The van der Waals surface area contributed by atoms with Gasteiger partial charge in [-0.05, 0) is 36.1 Å². The summed E-state index contributed by atoms with van der Waals surface area (Å²) in [7, 11) is 0. The van der Waals surface area contributed by atoms with E-state index in [1.807, 2.05) is 31.2 Å². The smallest absolute Gasteiger partial charge is 0.285 e. The number of carbonyl (C=O) groups is 1. The van der Waals surface area contributed by atoms with Crippen molar-refractivity contribution in [2.45, 2.75) is 26.7 Å². The molecule has 0 atom stereocenters. The van der Waals surface area contributed by atoms with Crippen LogP contribution in [0.1, 0.15) is 41.4 Å². The maximum Gasteiger partial charge on any atom is 0.285 e. The number of nitrogen functional groups attached to an aromatic ring is 1. The Labute approximate surface area is 147 Å². The van der Waals surface area contributed by atoms with Gasteiger partial charge in [0.25, 0.3) is 5.91 Å². The van der Waals surface area contributed by atoms with E-state index in [1.54, 1.807) is 10.7 Å². The molecule has 0 saturated carbocycles.